The van der Waals surface area contributed by atoms with Gasteiger partial charge in [0, 0.05) is 41.1 Å². The molecule has 4 rings (SSSR count). The number of methoxy groups -OCH3 is 3. The van der Waals surface area contributed by atoms with Crippen molar-refractivity contribution in [3.63, 3.8) is 0 Å². The molecule has 0 aliphatic heterocycles. The molecule has 0 amide bonds. The van der Waals surface area contributed by atoms with Crippen molar-refractivity contribution in [2.24, 2.45) is 0 Å². The number of pyridine rings is 1. The molecule has 0 unspecified atom stereocenters. The number of hydrogen-bond donors (Lipinski definition) is 1. The average Bonchev–Trinajstić information content (AvgIpc) is 3.29. The molecule has 2 heterocycles. The van der Waals surface area contributed by atoms with Crippen molar-refractivity contribution in [2.45, 2.75) is 26.8 Å². The monoisotopic (exact) mass is 476 g/mol. The number of aromatic amines is 1. The van der Waals surface area contributed by atoms with Gasteiger partial charge in [-0.2, -0.15) is 0 Å². The maximum absolute atomic E-state index is 5.79. The summed E-state index contributed by atoms with van der Waals surface area (Å²) in [7, 11) is 4.94. The van der Waals surface area contributed by atoms with E-state index in [1.807, 2.05) is 18.3 Å². The van der Waals surface area contributed by atoms with Gasteiger partial charge < -0.3 is 29.0 Å². The van der Waals surface area contributed by atoms with Crippen LogP contribution in [0.3, 0.4) is 0 Å². The van der Waals surface area contributed by atoms with Crippen molar-refractivity contribution in [3.05, 3.63) is 54.2 Å². The summed E-state index contributed by atoms with van der Waals surface area (Å²) in [5, 5.41) is 2.39. The molecule has 1 N–H and O–H groups in total. The summed E-state index contributed by atoms with van der Waals surface area (Å²) in [4.78, 5) is 13.3. The van der Waals surface area contributed by atoms with Crippen LogP contribution in [0.1, 0.15) is 25.8 Å². The number of ether oxygens (including phenoxy) is 3. The van der Waals surface area contributed by atoms with E-state index in [0.717, 1.165) is 55.0 Å². The number of anilines is 1. The molecule has 0 saturated carbocycles. The summed E-state index contributed by atoms with van der Waals surface area (Å²) in [6.07, 6.45) is 2.93. The lowest BCUT2D eigenvalue weighted by Crippen LogP contribution is -2.30. The Hall–Kier alpha value is -3.45. The summed E-state index contributed by atoms with van der Waals surface area (Å²) in [6, 6.07) is 14.5. The highest BCUT2D eigenvalue weighted by molar-refractivity contribution is 6.10. The van der Waals surface area contributed by atoms with Gasteiger partial charge in [0.1, 0.15) is 0 Å². The Labute approximate surface area is 207 Å². The summed E-state index contributed by atoms with van der Waals surface area (Å²) in [5.41, 5.74) is 3.18. The lowest BCUT2D eigenvalue weighted by atomic mass is 10.1. The number of nitrogens with one attached hydrogen (secondary N) is 1. The Kier molecular flexibility index (Phi) is 7.98. The summed E-state index contributed by atoms with van der Waals surface area (Å²) in [5.74, 6) is 2.88. The number of aromatic nitrogens is 2. The first kappa shape index (κ1) is 24.7. The molecular formula is C28H36N4O3. The highest BCUT2D eigenvalue weighted by Gasteiger charge is 2.21. The second kappa shape index (κ2) is 11.3. The van der Waals surface area contributed by atoms with E-state index in [9.17, 15) is 0 Å². The van der Waals surface area contributed by atoms with Crippen molar-refractivity contribution < 1.29 is 14.2 Å². The Morgan fingerprint density at radius 1 is 0.829 bits per heavy atom. The van der Waals surface area contributed by atoms with E-state index < -0.39 is 0 Å². The minimum absolute atomic E-state index is 0.604. The fourth-order valence-electron chi connectivity index (χ4n) is 4.78. The predicted octanol–water partition coefficient (Wildman–Crippen LogP) is 5.48. The van der Waals surface area contributed by atoms with E-state index in [4.69, 9.17) is 19.2 Å². The zero-order valence-corrected chi connectivity index (χ0v) is 21.4. The van der Waals surface area contributed by atoms with E-state index in [0.29, 0.717) is 23.8 Å². The van der Waals surface area contributed by atoms with Gasteiger partial charge in [0.15, 0.2) is 17.3 Å². The van der Waals surface area contributed by atoms with Crippen molar-refractivity contribution >= 4 is 27.6 Å². The van der Waals surface area contributed by atoms with E-state index in [-0.39, 0.29) is 0 Å². The van der Waals surface area contributed by atoms with Crippen LogP contribution in [0, 0.1) is 0 Å². The van der Waals surface area contributed by atoms with Gasteiger partial charge in [-0.15, -0.1) is 0 Å². The molecule has 0 saturated heterocycles. The van der Waals surface area contributed by atoms with Crippen LogP contribution in [0.25, 0.3) is 21.8 Å². The molecule has 35 heavy (non-hydrogen) atoms. The smallest absolute Gasteiger partial charge is 0.203 e. The third-order valence-electron chi connectivity index (χ3n) is 6.65. The van der Waals surface area contributed by atoms with E-state index in [2.05, 4.69) is 59.0 Å². The molecule has 0 radical (unpaired) electrons. The van der Waals surface area contributed by atoms with Gasteiger partial charge in [-0.05, 0) is 50.3 Å². The first-order chi connectivity index (χ1) is 17.1. The van der Waals surface area contributed by atoms with Gasteiger partial charge in [-0.3, -0.25) is 0 Å². The van der Waals surface area contributed by atoms with Gasteiger partial charge in [0.2, 0.25) is 5.75 Å². The van der Waals surface area contributed by atoms with Crippen LogP contribution in [0.2, 0.25) is 0 Å². The molecular weight excluding hydrogens is 440 g/mol. The maximum Gasteiger partial charge on any atom is 0.203 e. The Morgan fingerprint density at radius 2 is 1.60 bits per heavy atom. The Bertz CT molecular complexity index is 1270. The molecule has 0 fully saturated rings. The van der Waals surface area contributed by atoms with Crippen molar-refractivity contribution in [1.82, 2.24) is 14.9 Å². The van der Waals surface area contributed by atoms with E-state index >= 15 is 0 Å². The number of fused-ring (bicyclic) bond motifs is 3. The number of rotatable bonds is 12. The van der Waals surface area contributed by atoms with Gasteiger partial charge in [-0.25, -0.2) is 4.98 Å². The van der Waals surface area contributed by atoms with Crippen LogP contribution in [0.15, 0.2) is 48.7 Å². The number of H-pyrrole nitrogens is 1. The second-order valence-electron chi connectivity index (χ2n) is 8.52. The van der Waals surface area contributed by atoms with Crippen molar-refractivity contribution in [2.75, 3.05) is 52.4 Å². The van der Waals surface area contributed by atoms with Crippen LogP contribution in [-0.4, -0.2) is 62.4 Å². The standard InChI is InChI=1S/C28H36N4O3/c1-6-31(7-2)17-10-18-32(19-20-13-14-24(33-3)27(35-5)26(20)34-4)28-25-22(15-16-29-28)21-11-8-9-12-23(21)30-25/h8-9,11-16,30H,6-7,10,17-19H2,1-5H3. The molecule has 2 aromatic heterocycles. The molecule has 0 aliphatic carbocycles. The zero-order chi connectivity index (χ0) is 24.8. The largest absolute Gasteiger partial charge is 0.493 e. The predicted molar refractivity (Wildman–Crippen MR) is 143 cm³/mol. The van der Waals surface area contributed by atoms with Crippen LogP contribution >= 0.6 is 0 Å². The highest BCUT2D eigenvalue weighted by Crippen LogP contribution is 2.41. The molecule has 2 aromatic carbocycles. The molecule has 7 nitrogen and oxygen atoms in total. The minimum Gasteiger partial charge on any atom is -0.493 e. The molecule has 0 bridgehead atoms. The summed E-state index contributed by atoms with van der Waals surface area (Å²) >= 11 is 0. The Balaban J connectivity index is 1.76. The molecule has 0 atom stereocenters. The van der Waals surface area contributed by atoms with Crippen LogP contribution in [0.5, 0.6) is 17.2 Å². The van der Waals surface area contributed by atoms with Crippen molar-refractivity contribution in [3.8, 4) is 17.2 Å². The van der Waals surface area contributed by atoms with Crippen molar-refractivity contribution in [1.29, 1.82) is 0 Å². The minimum atomic E-state index is 0.604. The molecule has 0 spiro atoms. The fourth-order valence-corrected chi connectivity index (χ4v) is 4.78. The van der Waals surface area contributed by atoms with Gasteiger partial charge in [0.05, 0.1) is 26.8 Å². The topological polar surface area (TPSA) is 62.9 Å². The number of benzene rings is 2. The zero-order valence-electron chi connectivity index (χ0n) is 21.4. The summed E-state index contributed by atoms with van der Waals surface area (Å²) < 4.78 is 16.9. The third-order valence-corrected chi connectivity index (χ3v) is 6.65. The second-order valence-corrected chi connectivity index (χ2v) is 8.52. The highest BCUT2D eigenvalue weighted by atomic mass is 16.5. The third kappa shape index (κ3) is 5.00. The molecule has 4 aromatic rings. The quantitative estimate of drug-likeness (QED) is 0.292. The molecule has 0 aliphatic rings. The summed E-state index contributed by atoms with van der Waals surface area (Å²) in [6.45, 7) is 9.05. The first-order valence-electron chi connectivity index (χ1n) is 12.3. The maximum atomic E-state index is 5.79. The first-order valence-corrected chi connectivity index (χ1v) is 12.3. The van der Waals surface area contributed by atoms with Crippen LogP contribution < -0.4 is 19.1 Å². The molecule has 7 heteroatoms. The van der Waals surface area contributed by atoms with Crippen LogP contribution in [0.4, 0.5) is 5.82 Å². The SMILES string of the molecule is CCN(CC)CCCN(Cc1ccc(OC)c(OC)c1OC)c1nccc2c1[nH]c1ccccc12. The van der Waals surface area contributed by atoms with Crippen LogP contribution in [-0.2, 0) is 6.54 Å². The normalized spacial score (nSPS) is 11.4. The van der Waals surface area contributed by atoms with Gasteiger partial charge in [-0.1, -0.05) is 32.0 Å². The fraction of sp³-hybridized carbons (Fsp3) is 0.393. The lowest BCUT2D eigenvalue weighted by Gasteiger charge is -2.27. The van der Waals surface area contributed by atoms with E-state index in [1.165, 1.54) is 10.8 Å². The lowest BCUT2D eigenvalue weighted by molar-refractivity contribution is 0.300. The van der Waals surface area contributed by atoms with E-state index in [1.54, 1.807) is 21.3 Å². The number of nitrogens with zero attached hydrogens (tertiary/aromatic N) is 3. The Morgan fingerprint density at radius 3 is 2.31 bits per heavy atom. The average molecular weight is 477 g/mol. The number of para-hydroxylation sites is 1. The van der Waals surface area contributed by atoms with Gasteiger partial charge >= 0.3 is 0 Å². The number of hydrogen-bond acceptors (Lipinski definition) is 6. The van der Waals surface area contributed by atoms with Gasteiger partial charge in [0.25, 0.3) is 0 Å². The molecule has 186 valence electrons.